The number of hydrogen-bond donors (Lipinski definition) is 0. The van der Waals surface area contributed by atoms with Crippen LogP contribution in [0.5, 0.6) is 0 Å². The number of thiophene rings is 1. The largest absolute Gasteiger partial charge is 0.298 e. The monoisotopic (exact) mass is 289 g/mol. The van der Waals surface area contributed by atoms with Crippen LogP contribution in [0.3, 0.4) is 0 Å². The summed E-state index contributed by atoms with van der Waals surface area (Å²) in [6.45, 7) is 10.3. The van der Waals surface area contributed by atoms with Gasteiger partial charge in [-0.1, -0.05) is 27.2 Å². The van der Waals surface area contributed by atoms with E-state index < -0.39 is 0 Å². The second kappa shape index (κ2) is 6.66. The predicted octanol–water partition coefficient (Wildman–Crippen LogP) is 4.38. The molecule has 1 unspecified atom stereocenters. The highest BCUT2D eigenvalue weighted by Gasteiger charge is 2.08. The Morgan fingerprint density at radius 3 is 2.60 bits per heavy atom. The number of rotatable bonds is 6. The van der Waals surface area contributed by atoms with E-state index in [1.165, 1.54) is 21.6 Å². The van der Waals surface area contributed by atoms with Gasteiger partial charge in [0, 0.05) is 18.0 Å². The van der Waals surface area contributed by atoms with Crippen LogP contribution in [0.15, 0.2) is 15.9 Å². The molecule has 0 amide bonds. The van der Waals surface area contributed by atoms with Crippen molar-refractivity contribution in [3.8, 4) is 0 Å². The second-order valence-electron chi connectivity index (χ2n) is 4.05. The Hall–Kier alpha value is 0.140. The topological polar surface area (TPSA) is 3.24 Å². The Morgan fingerprint density at radius 2 is 2.13 bits per heavy atom. The fourth-order valence-electron chi connectivity index (χ4n) is 1.53. The SMILES string of the molecule is CCC(C)CN(CC)Cc1ccc(Br)s1. The van der Waals surface area contributed by atoms with E-state index in [1.807, 2.05) is 11.3 Å². The molecule has 0 aliphatic heterocycles. The summed E-state index contributed by atoms with van der Waals surface area (Å²) in [6, 6.07) is 4.35. The van der Waals surface area contributed by atoms with Crippen molar-refractivity contribution in [3.63, 3.8) is 0 Å². The molecule has 86 valence electrons. The molecule has 15 heavy (non-hydrogen) atoms. The molecule has 0 bridgehead atoms. The van der Waals surface area contributed by atoms with Gasteiger partial charge < -0.3 is 0 Å². The Bertz CT molecular complexity index is 285. The van der Waals surface area contributed by atoms with Gasteiger partial charge in [0.1, 0.15) is 0 Å². The number of halogens is 1. The van der Waals surface area contributed by atoms with E-state index in [-0.39, 0.29) is 0 Å². The van der Waals surface area contributed by atoms with E-state index in [0.29, 0.717) is 0 Å². The first-order chi connectivity index (χ1) is 7.15. The first-order valence-corrected chi connectivity index (χ1v) is 7.23. The molecule has 1 nitrogen and oxygen atoms in total. The Morgan fingerprint density at radius 1 is 1.40 bits per heavy atom. The van der Waals surface area contributed by atoms with Crippen molar-refractivity contribution in [2.75, 3.05) is 13.1 Å². The summed E-state index contributed by atoms with van der Waals surface area (Å²) >= 11 is 5.35. The van der Waals surface area contributed by atoms with Crippen molar-refractivity contribution in [1.82, 2.24) is 4.90 Å². The quantitative estimate of drug-likeness (QED) is 0.751. The maximum Gasteiger partial charge on any atom is 0.0701 e. The summed E-state index contributed by atoms with van der Waals surface area (Å²) in [7, 11) is 0. The lowest BCUT2D eigenvalue weighted by Gasteiger charge is -2.22. The third-order valence-corrected chi connectivity index (χ3v) is 4.33. The van der Waals surface area contributed by atoms with Crippen molar-refractivity contribution in [1.29, 1.82) is 0 Å². The molecule has 1 heterocycles. The van der Waals surface area contributed by atoms with Crippen LogP contribution < -0.4 is 0 Å². The maximum atomic E-state index is 3.51. The van der Waals surface area contributed by atoms with Crippen LogP contribution in [0.4, 0.5) is 0 Å². The van der Waals surface area contributed by atoms with Crippen LogP contribution in [0.2, 0.25) is 0 Å². The van der Waals surface area contributed by atoms with Crippen molar-refractivity contribution in [2.24, 2.45) is 5.92 Å². The molecule has 1 aromatic rings. The van der Waals surface area contributed by atoms with Gasteiger partial charge in [0.05, 0.1) is 3.79 Å². The lowest BCUT2D eigenvalue weighted by Crippen LogP contribution is -2.27. The van der Waals surface area contributed by atoms with Crippen molar-refractivity contribution >= 4 is 27.3 Å². The smallest absolute Gasteiger partial charge is 0.0701 e. The molecule has 0 aromatic carbocycles. The fourth-order valence-corrected chi connectivity index (χ4v) is 3.06. The average molecular weight is 290 g/mol. The highest BCUT2D eigenvalue weighted by Crippen LogP contribution is 2.23. The van der Waals surface area contributed by atoms with Gasteiger partial charge in [-0.05, 0) is 40.5 Å². The van der Waals surface area contributed by atoms with Crippen LogP contribution in [-0.2, 0) is 6.54 Å². The van der Waals surface area contributed by atoms with Crippen LogP contribution in [0, 0.1) is 5.92 Å². The van der Waals surface area contributed by atoms with Crippen molar-refractivity contribution < 1.29 is 0 Å². The summed E-state index contributed by atoms with van der Waals surface area (Å²) in [4.78, 5) is 3.97. The molecule has 0 aliphatic rings. The first kappa shape index (κ1) is 13.2. The minimum Gasteiger partial charge on any atom is -0.298 e. The van der Waals surface area contributed by atoms with Crippen LogP contribution in [-0.4, -0.2) is 18.0 Å². The standard InChI is InChI=1S/C12H20BrNS/c1-4-10(3)8-14(5-2)9-11-6-7-12(13)15-11/h6-7,10H,4-5,8-9H2,1-3H3. The lowest BCUT2D eigenvalue weighted by molar-refractivity contribution is 0.240. The van der Waals surface area contributed by atoms with Gasteiger partial charge in [-0.25, -0.2) is 0 Å². The normalized spacial score (nSPS) is 13.4. The molecular formula is C12H20BrNS. The van der Waals surface area contributed by atoms with Gasteiger partial charge in [-0.2, -0.15) is 0 Å². The molecule has 0 fully saturated rings. The van der Waals surface area contributed by atoms with E-state index >= 15 is 0 Å². The van der Waals surface area contributed by atoms with Crippen molar-refractivity contribution in [2.45, 2.75) is 33.7 Å². The fraction of sp³-hybridized carbons (Fsp3) is 0.667. The van der Waals surface area contributed by atoms with E-state index in [1.54, 1.807) is 0 Å². The average Bonchev–Trinajstić information content (AvgIpc) is 2.62. The van der Waals surface area contributed by atoms with Gasteiger partial charge in [0.15, 0.2) is 0 Å². The third-order valence-electron chi connectivity index (χ3n) is 2.72. The Labute approximate surface area is 106 Å². The van der Waals surface area contributed by atoms with E-state index in [2.05, 4.69) is 53.7 Å². The zero-order chi connectivity index (χ0) is 11.3. The molecule has 0 radical (unpaired) electrons. The van der Waals surface area contributed by atoms with E-state index in [9.17, 15) is 0 Å². The summed E-state index contributed by atoms with van der Waals surface area (Å²) in [5, 5.41) is 0. The van der Waals surface area contributed by atoms with Crippen LogP contribution in [0.1, 0.15) is 32.1 Å². The van der Waals surface area contributed by atoms with Gasteiger partial charge in [-0.15, -0.1) is 11.3 Å². The molecule has 0 saturated heterocycles. The van der Waals surface area contributed by atoms with Gasteiger partial charge in [0.2, 0.25) is 0 Å². The molecule has 0 N–H and O–H groups in total. The molecule has 0 aliphatic carbocycles. The minimum atomic E-state index is 0.799. The molecule has 0 spiro atoms. The van der Waals surface area contributed by atoms with E-state index in [0.717, 1.165) is 19.0 Å². The molecule has 0 saturated carbocycles. The summed E-state index contributed by atoms with van der Waals surface area (Å²) in [6.07, 6.45) is 1.27. The second-order valence-corrected chi connectivity index (χ2v) is 6.59. The lowest BCUT2D eigenvalue weighted by atomic mass is 10.1. The zero-order valence-corrected chi connectivity index (χ0v) is 12.2. The molecule has 1 atom stereocenters. The van der Waals surface area contributed by atoms with Crippen molar-refractivity contribution in [3.05, 3.63) is 20.8 Å². The summed E-state index contributed by atoms with van der Waals surface area (Å²) in [5.74, 6) is 0.799. The van der Waals surface area contributed by atoms with Crippen LogP contribution >= 0.6 is 27.3 Å². The summed E-state index contributed by atoms with van der Waals surface area (Å²) in [5.41, 5.74) is 0. The zero-order valence-electron chi connectivity index (χ0n) is 9.79. The van der Waals surface area contributed by atoms with Gasteiger partial charge in [-0.3, -0.25) is 4.90 Å². The summed E-state index contributed by atoms with van der Waals surface area (Å²) < 4.78 is 1.23. The predicted molar refractivity (Wildman–Crippen MR) is 72.4 cm³/mol. The highest BCUT2D eigenvalue weighted by atomic mass is 79.9. The van der Waals surface area contributed by atoms with Crippen LogP contribution in [0.25, 0.3) is 0 Å². The van der Waals surface area contributed by atoms with Gasteiger partial charge in [0.25, 0.3) is 0 Å². The Kier molecular flexibility index (Phi) is 5.87. The van der Waals surface area contributed by atoms with E-state index in [4.69, 9.17) is 0 Å². The third kappa shape index (κ3) is 4.66. The number of hydrogen-bond acceptors (Lipinski definition) is 2. The number of nitrogens with zero attached hydrogens (tertiary/aromatic N) is 1. The Balaban J connectivity index is 2.46. The molecule has 3 heteroatoms. The minimum absolute atomic E-state index is 0.799. The van der Waals surface area contributed by atoms with Gasteiger partial charge >= 0.3 is 0 Å². The highest BCUT2D eigenvalue weighted by molar-refractivity contribution is 9.11. The first-order valence-electron chi connectivity index (χ1n) is 5.62. The maximum absolute atomic E-state index is 3.51. The molecule has 1 aromatic heterocycles. The molecular weight excluding hydrogens is 270 g/mol. The molecule has 1 rings (SSSR count).